The summed E-state index contributed by atoms with van der Waals surface area (Å²) in [6, 6.07) is 17.2. The Morgan fingerprint density at radius 3 is 1.52 bits per heavy atom. The first-order chi connectivity index (χ1) is 15.2. The summed E-state index contributed by atoms with van der Waals surface area (Å²) in [5, 5.41) is 0. The lowest BCUT2D eigenvalue weighted by Crippen LogP contribution is -2.33. The Bertz CT molecular complexity index is 729. The van der Waals surface area contributed by atoms with Gasteiger partial charge in [-0.05, 0) is 80.6 Å². The van der Waals surface area contributed by atoms with Crippen LogP contribution in [-0.4, -0.2) is 51.6 Å². The maximum absolute atomic E-state index is 6.00. The molecule has 0 bridgehead atoms. The van der Waals surface area contributed by atoms with E-state index in [-0.39, 0.29) is 0 Å². The third-order valence-electron chi connectivity index (χ3n) is 6.40. The predicted octanol–water partition coefficient (Wildman–Crippen LogP) is 3.91. The molecule has 0 aliphatic carbocycles. The molecule has 6 heteroatoms. The summed E-state index contributed by atoms with van der Waals surface area (Å²) in [6.07, 6.45) is 5.73. The monoisotopic (exact) mass is 424 g/mol. The second kappa shape index (κ2) is 10.7. The largest absolute Gasteiger partial charge is 0.399 e. The van der Waals surface area contributed by atoms with Gasteiger partial charge in [-0.15, -0.1) is 0 Å². The number of hydrogen-bond acceptors (Lipinski definition) is 6. The third kappa shape index (κ3) is 5.83. The van der Waals surface area contributed by atoms with Crippen molar-refractivity contribution in [1.29, 1.82) is 0 Å². The zero-order chi connectivity index (χ0) is 21.5. The number of anilines is 4. The van der Waals surface area contributed by atoms with Crippen molar-refractivity contribution in [2.24, 2.45) is 0 Å². The molecule has 2 unspecified atom stereocenters. The maximum Gasteiger partial charge on any atom is 0.0670 e. The Hall–Kier alpha value is -2.44. The van der Waals surface area contributed by atoms with Gasteiger partial charge in [0, 0.05) is 49.1 Å². The molecule has 168 valence electrons. The summed E-state index contributed by atoms with van der Waals surface area (Å²) in [6.45, 7) is 5.23. The molecule has 2 aliphatic heterocycles. The van der Waals surface area contributed by atoms with Gasteiger partial charge < -0.3 is 30.7 Å². The van der Waals surface area contributed by atoms with Crippen LogP contribution in [0.5, 0.6) is 0 Å². The van der Waals surface area contributed by atoms with Crippen LogP contribution in [-0.2, 0) is 9.47 Å². The summed E-state index contributed by atoms with van der Waals surface area (Å²) in [5.74, 6) is 0. The Labute approximate surface area is 186 Å². The molecule has 4 rings (SSSR count). The van der Waals surface area contributed by atoms with Crippen LogP contribution in [0.1, 0.15) is 32.1 Å². The number of ether oxygens (including phenoxy) is 2. The van der Waals surface area contributed by atoms with Gasteiger partial charge in [-0.1, -0.05) is 0 Å². The predicted molar refractivity (Wildman–Crippen MR) is 129 cm³/mol. The topological polar surface area (TPSA) is 77.0 Å². The van der Waals surface area contributed by atoms with E-state index in [1.54, 1.807) is 0 Å². The van der Waals surface area contributed by atoms with Gasteiger partial charge in [0.05, 0.1) is 25.3 Å². The van der Waals surface area contributed by atoms with Crippen molar-refractivity contribution in [2.45, 2.75) is 44.2 Å². The molecule has 2 aromatic carbocycles. The van der Waals surface area contributed by atoms with Gasteiger partial charge >= 0.3 is 0 Å². The highest BCUT2D eigenvalue weighted by molar-refractivity contribution is 5.55. The Morgan fingerprint density at radius 2 is 1.10 bits per heavy atom. The van der Waals surface area contributed by atoms with Gasteiger partial charge in [0.1, 0.15) is 0 Å². The van der Waals surface area contributed by atoms with Crippen molar-refractivity contribution in [1.82, 2.24) is 0 Å². The van der Waals surface area contributed by atoms with Gasteiger partial charge in [0.2, 0.25) is 0 Å². The van der Waals surface area contributed by atoms with E-state index >= 15 is 0 Å². The van der Waals surface area contributed by atoms with E-state index in [2.05, 4.69) is 34.1 Å². The van der Waals surface area contributed by atoms with E-state index in [0.717, 1.165) is 57.3 Å². The van der Waals surface area contributed by atoms with Crippen molar-refractivity contribution < 1.29 is 9.47 Å². The second-order valence-electron chi connectivity index (χ2n) is 8.67. The molecule has 0 amide bonds. The molecular weight excluding hydrogens is 388 g/mol. The van der Waals surface area contributed by atoms with Gasteiger partial charge in [0.15, 0.2) is 0 Å². The Morgan fingerprint density at radius 1 is 0.677 bits per heavy atom. The van der Waals surface area contributed by atoms with E-state index in [4.69, 9.17) is 20.9 Å². The average Bonchev–Trinajstić information content (AvgIpc) is 3.44. The molecule has 0 aromatic heterocycles. The van der Waals surface area contributed by atoms with Crippen molar-refractivity contribution in [2.75, 3.05) is 60.8 Å². The highest BCUT2D eigenvalue weighted by atomic mass is 16.5. The summed E-state index contributed by atoms with van der Waals surface area (Å²) >= 11 is 0. The van der Waals surface area contributed by atoms with E-state index in [9.17, 15) is 0 Å². The zero-order valence-corrected chi connectivity index (χ0v) is 18.4. The molecule has 2 atom stereocenters. The quantitative estimate of drug-likeness (QED) is 0.445. The van der Waals surface area contributed by atoms with Crippen LogP contribution in [0, 0.1) is 0 Å². The van der Waals surface area contributed by atoms with E-state index in [1.165, 1.54) is 37.1 Å². The fourth-order valence-corrected chi connectivity index (χ4v) is 4.73. The number of nitrogen functional groups attached to an aromatic ring is 2. The van der Waals surface area contributed by atoms with Crippen LogP contribution < -0.4 is 21.3 Å². The normalized spacial score (nSPS) is 21.2. The van der Waals surface area contributed by atoms with E-state index in [0.29, 0.717) is 12.1 Å². The summed E-state index contributed by atoms with van der Waals surface area (Å²) in [5.41, 5.74) is 15.7. The fraction of sp³-hybridized carbons (Fsp3) is 0.520. The number of nitrogens with zero attached hydrogens (tertiary/aromatic N) is 2. The molecular formula is C25H36N4O2. The molecule has 2 aromatic rings. The molecule has 0 radical (unpaired) electrons. The summed E-state index contributed by atoms with van der Waals surface area (Å²) < 4.78 is 12.0. The minimum Gasteiger partial charge on any atom is -0.399 e. The lowest BCUT2D eigenvalue weighted by atomic mass is 10.2. The highest BCUT2D eigenvalue weighted by Crippen LogP contribution is 2.27. The molecule has 0 saturated carbocycles. The lowest BCUT2D eigenvalue weighted by Gasteiger charge is -2.27. The molecule has 2 aliphatic rings. The summed E-state index contributed by atoms with van der Waals surface area (Å²) in [7, 11) is 0. The second-order valence-corrected chi connectivity index (χ2v) is 8.67. The molecule has 6 nitrogen and oxygen atoms in total. The van der Waals surface area contributed by atoms with Crippen LogP contribution >= 0.6 is 0 Å². The van der Waals surface area contributed by atoms with Gasteiger partial charge in [0.25, 0.3) is 0 Å². The first-order valence-electron chi connectivity index (χ1n) is 11.6. The Balaban J connectivity index is 1.12. The molecule has 2 heterocycles. The lowest BCUT2D eigenvalue weighted by molar-refractivity contribution is 0.0727. The van der Waals surface area contributed by atoms with Crippen LogP contribution in [0.4, 0.5) is 22.7 Å². The third-order valence-corrected chi connectivity index (χ3v) is 6.40. The van der Waals surface area contributed by atoms with Crippen molar-refractivity contribution >= 4 is 22.7 Å². The maximum atomic E-state index is 6.00. The SMILES string of the molecule is Nc1ccc(N2CCCC2COCCCOCC2CCCN2c2ccc(N)cc2)cc1. The molecule has 2 fully saturated rings. The van der Waals surface area contributed by atoms with Crippen LogP contribution in [0.2, 0.25) is 0 Å². The number of nitrogens with two attached hydrogens (primary N) is 2. The van der Waals surface area contributed by atoms with E-state index in [1.807, 2.05) is 24.3 Å². The van der Waals surface area contributed by atoms with E-state index < -0.39 is 0 Å². The van der Waals surface area contributed by atoms with Crippen molar-refractivity contribution in [3.05, 3.63) is 48.5 Å². The van der Waals surface area contributed by atoms with Gasteiger partial charge in [-0.3, -0.25) is 0 Å². The number of hydrogen-bond donors (Lipinski definition) is 2. The molecule has 2 saturated heterocycles. The Kier molecular flexibility index (Phi) is 7.54. The van der Waals surface area contributed by atoms with Crippen molar-refractivity contribution in [3.8, 4) is 0 Å². The smallest absolute Gasteiger partial charge is 0.0670 e. The molecule has 4 N–H and O–H groups in total. The first kappa shape index (κ1) is 21.8. The van der Waals surface area contributed by atoms with Crippen LogP contribution in [0.15, 0.2) is 48.5 Å². The first-order valence-corrected chi connectivity index (χ1v) is 11.6. The standard InChI is InChI=1S/C25H36N4O2/c26-20-6-10-22(11-7-20)28-14-1-4-24(28)18-30-16-3-17-31-19-25-5-2-15-29(25)23-12-8-21(27)9-13-23/h6-13,24-25H,1-5,14-19,26-27H2. The number of rotatable bonds is 10. The van der Waals surface area contributed by atoms with Gasteiger partial charge in [-0.2, -0.15) is 0 Å². The minimum absolute atomic E-state index is 0.455. The average molecular weight is 425 g/mol. The fourth-order valence-electron chi connectivity index (χ4n) is 4.73. The molecule has 0 spiro atoms. The number of benzene rings is 2. The van der Waals surface area contributed by atoms with Crippen LogP contribution in [0.3, 0.4) is 0 Å². The minimum atomic E-state index is 0.455. The summed E-state index contributed by atoms with van der Waals surface area (Å²) in [4.78, 5) is 4.89. The van der Waals surface area contributed by atoms with Gasteiger partial charge in [-0.25, -0.2) is 0 Å². The van der Waals surface area contributed by atoms with Crippen molar-refractivity contribution in [3.63, 3.8) is 0 Å². The zero-order valence-electron chi connectivity index (χ0n) is 18.4. The molecule has 31 heavy (non-hydrogen) atoms. The highest BCUT2D eigenvalue weighted by Gasteiger charge is 2.26. The van der Waals surface area contributed by atoms with Crippen LogP contribution in [0.25, 0.3) is 0 Å².